The molecule has 1 unspecified atom stereocenters. The first-order chi connectivity index (χ1) is 6.74. The topological polar surface area (TPSA) is 12.5 Å². The Labute approximate surface area is 90.1 Å². The molecule has 14 heavy (non-hydrogen) atoms. The molecule has 1 aliphatic heterocycles. The zero-order chi connectivity index (χ0) is 9.97. The minimum absolute atomic E-state index is 0.575. The van der Waals surface area contributed by atoms with Gasteiger partial charge in [0, 0.05) is 9.75 Å². The lowest BCUT2D eigenvalue weighted by Crippen LogP contribution is -1.90. The quantitative estimate of drug-likeness (QED) is 0.679. The molecule has 0 aromatic carbocycles. The smallest absolute Gasteiger partial charge is 0.0813 e. The average Bonchev–Trinajstić information content (AvgIpc) is 2.84. The predicted molar refractivity (Wildman–Crippen MR) is 60.9 cm³/mol. The summed E-state index contributed by atoms with van der Waals surface area (Å²) >= 11 is 1.98. The van der Waals surface area contributed by atoms with Crippen molar-refractivity contribution in [2.24, 2.45) is 5.92 Å². The van der Waals surface area contributed by atoms with E-state index in [1.54, 1.807) is 0 Å². The van der Waals surface area contributed by atoms with Crippen molar-refractivity contribution in [2.45, 2.75) is 39.2 Å². The van der Waals surface area contributed by atoms with E-state index in [9.17, 15) is 0 Å². The summed E-state index contributed by atoms with van der Waals surface area (Å²) < 4.78 is 5.21. The summed E-state index contributed by atoms with van der Waals surface area (Å²) in [7, 11) is 0. The van der Waals surface area contributed by atoms with Gasteiger partial charge in [0.2, 0.25) is 0 Å². The average molecular weight is 210 g/mol. The van der Waals surface area contributed by atoms with Crippen molar-refractivity contribution in [3.8, 4) is 0 Å². The van der Waals surface area contributed by atoms with Crippen LogP contribution in [0, 0.1) is 5.92 Å². The number of hydrogen-bond acceptors (Lipinski definition) is 2. The molecule has 0 bridgehead atoms. The van der Waals surface area contributed by atoms with Crippen LogP contribution in [0.3, 0.4) is 0 Å². The molecule has 1 aliphatic rings. The number of hydrogen-bond donors (Lipinski definition) is 0. The van der Waals surface area contributed by atoms with Crippen LogP contribution in [0.1, 0.15) is 30.0 Å². The van der Waals surface area contributed by atoms with Gasteiger partial charge in [-0.05, 0) is 37.3 Å². The van der Waals surface area contributed by atoms with E-state index in [1.807, 2.05) is 11.3 Å². The van der Waals surface area contributed by atoms with Crippen molar-refractivity contribution in [1.29, 1.82) is 0 Å². The Hall–Kier alpha value is -0.340. The highest BCUT2D eigenvalue weighted by Crippen LogP contribution is 2.23. The molecule has 1 aromatic heterocycles. The number of epoxide rings is 1. The third-order valence-corrected chi connectivity index (χ3v) is 3.61. The molecule has 1 fully saturated rings. The van der Waals surface area contributed by atoms with E-state index < -0.39 is 0 Å². The minimum Gasteiger partial charge on any atom is -0.373 e. The number of thiophene rings is 1. The summed E-state index contributed by atoms with van der Waals surface area (Å²) in [6.45, 7) is 5.54. The third kappa shape index (κ3) is 3.10. The minimum atomic E-state index is 0.575. The van der Waals surface area contributed by atoms with E-state index in [2.05, 4.69) is 26.0 Å². The van der Waals surface area contributed by atoms with Gasteiger partial charge in [-0.25, -0.2) is 0 Å². The monoisotopic (exact) mass is 210 g/mol. The second-order valence-electron chi connectivity index (χ2n) is 4.46. The second-order valence-corrected chi connectivity index (χ2v) is 5.71. The molecule has 0 spiro atoms. The Morgan fingerprint density at radius 1 is 1.43 bits per heavy atom. The molecule has 2 heterocycles. The van der Waals surface area contributed by atoms with Gasteiger partial charge in [0.15, 0.2) is 0 Å². The largest absolute Gasteiger partial charge is 0.373 e. The molecule has 0 radical (unpaired) electrons. The van der Waals surface area contributed by atoms with Gasteiger partial charge in [0.25, 0.3) is 0 Å². The third-order valence-electron chi connectivity index (χ3n) is 2.44. The molecule has 0 N–H and O–H groups in total. The fraction of sp³-hybridized carbons (Fsp3) is 0.667. The van der Waals surface area contributed by atoms with Crippen molar-refractivity contribution >= 4 is 11.3 Å². The molecular weight excluding hydrogens is 192 g/mol. The predicted octanol–water partition coefficient (Wildman–Crippen LogP) is 3.28. The van der Waals surface area contributed by atoms with Crippen LogP contribution in [0.2, 0.25) is 0 Å². The fourth-order valence-corrected chi connectivity index (χ4v) is 2.85. The van der Waals surface area contributed by atoms with E-state index in [1.165, 1.54) is 29.0 Å². The van der Waals surface area contributed by atoms with E-state index >= 15 is 0 Å². The maximum atomic E-state index is 5.21. The van der Waals surface area contributed by atoms with Crippen LogP contribution < -0.4 is 0 Å². The summed E-state index contributed by atoms with van der Waals surface area (Å²) in [6, 6.07) is 4.57. The molecule has 0 aliphatic carbocycles. The highest BCUT2D eigenvalue weighted by Gasteiger charge is 2.21. The van der Waals surface area contributed by atoms with E-state index in [-0.39, 0.29) is 0 Å². The highest BCUT2D eigenvalue weighted by molar-refractivity contribution is 7.11. The van der Waals surface area contributed by atoms with Crippen molar-refractivity contribution in [2.75, 3.05) is 6.61 Å². The van der Waals surface area contributed by atoms with Crippen LogP contribution in [0.25, 0.3) is 0 Å². The van der Waals surface area contributed by atoms with E-state index in [0.29, 0.717) is 6.10 Å². The lowest BCUT2D eigenvalue weighted by Gasteiger charge is -1.99. The van der Waals surface area contributed by atoms with Gasteiger partial charge < -0.3 is 4.74 Å². The summed E-state index contributed by atoms with van der Waals surface area (Å²) in [5.74, 6) is 0.772. The Morgan fingerprint density at radius 3 is 2.79 bits per heavy atom. The Balaban J connectivity index is 1.81. The molecular formula is C12H18OS. The molecule has 1 nitrogen and oxygen atoms in total. The van der Waals surface area contributed by atoms with E-state index in [4.69, 9.17) is 4.74 Å². The number of ether oxygens (including phenoxy) is 1. The zero-order valence-electron chi connectivity index (χ0n) is 8.95. The summed E-state index contributed by atoms with van der Waals surface area (Å²) in [5.41, 5.74) is 0. The Morgan fingerprint density at radius 2 is 2.14 bits per heavy atom. The van der Waals surface area contributed by atoms with Crippen LogP contribution in [-0.4, -0.2) is 12.7 Å². The van der Waals surface area contributed by atoms with Crippen molar-refractivity contribution in [3.05, 3.63) is 21.9 Å². The van der Waals surface area contributed by atoms with Crippen LogP contribution in [0.4, 0.5) is 0 Å². The second kappa shape index (κ2) is 4.45. The lowest BCUT2D eigenvalue weighted by atomic mass is 10.1. The van der Waals surface area contributed by atoms with Gasteiger partial charge in [-0.3, -0.25) is 0 Å². The molecule has 0 amide bonds. The summed E-state index contributed by atoms with van der Waals surface area (Å²) in [6.07, 6.45) is 4.21. The molecule has 2 rings (SSSR count). The van der Waals surface area contributed by atoms with Gasteiger partial charge in [0.05, 0.1) is 12.7 Å². The van der Waals surface area contributed by atoms with Gasteiger partial charge in [0.1, 0.15) is 0 Å². The SMILES string of the molecule is CC(C)Cc1ccc(CCC2CO2)s1. The number of rotatable bonds is 5. The fourth-order valence-electron chi connectivity index (χ4n) is 1.61. The molecule has 1 saturated heterocycles. The normalized spacial score (nSPS) is 20.4. The lowest BCUT2D eigenvalue weighted by molar-refractivity contribution is 0.397. The Bertz CT molecular complexity index is 286. The Kier molecular flexibility index (Phi) is 3.24. The van der Waals surface area contributed by atoms with Gasteiger partial charge in [-0.1, -0.05) is 13.8 Å². The first-order valence-corrected chi connectivity index (χ1v) is 6.25. The molecule has 1 aromatic rings. The van der Waals surface area contributed by atoms with Crippen LogP contribution in [-0.2, 0) is 17.6 Å². The van der Waals surface area contributed by atoms with Crippen molar-refractivity contribution in [3.63, 3.8) is 0 Å². The van der Waals surface area contributed by atoms with Crippen LogP contribution >= 0.6 is 11.3 Å². The molecule has 78 valence electrons. The van der Waals surface area contributed by atoms with Gasteiger partial charge in [-0.15, -0.1) is 11.3 Å². The van der Waals surface area contributed by atoms with Crippen LogP contribution in [0.15, 0.2) is 12.1 Å². The van der Waals surface area contributed by atoms with E-state index in [0.717, 1.165) is 12.5 Å². The standard InChI is InChI=1S/C12H18OS/c1-9(2)7-12-6-5-11(14-12)4-3-10-8-13-10/h5-6,9-10H,3-4,7-8H2,1-2H3. The van der Waals surface area contributed by atoms with Gasteiger partial charge >= 0.3 is 0 Å². The summed E-state index contributed by atoms with van der Waals surface area (Å²) in [4.78, 5) is 3.06. The highest BCUT2D eigenvalue weighted by atomic mass is 32.1. The molecule has 1 atom stereocenters. The maximum Gasteiger partial charge on any atom is 0.0813 e. The summed E-state index contributed by atoms with van der Waals surface area (Å²) in [5, 5.41) is 0. The maximum absolute atomic E-state index is 5.21. The zero-order valence-corrected chi connectivity index (χ0v) is 9.77. The first kappa shape index (κ1) is 10.2. The van der Waals surface area contributed by atoms with Crippen molar-refractivity contribution < 1.29 is 4.74 Å². The van der Waals surface area contributed by atoms with Crippen LogP contribution in [0.5, 0.6) is 0 Å². The molecule has 0 saturated carbocycles. The number of aryl methyl sites for hydroxylation is 1. The molecule has 2 heteroatoms. The first-order valence-electron chi connectivity index (χ1n) is 5.43. The van der Waals surface area contributed by atoms with Crippen molar-refractivity contribution in [1.82, 2.24) is 0 Å². The van der Waals surface area contributed by atoms with Gasteiger partial charge in [-0.2, -0.15) is 0 Å².